The van der Waals surface area contributed by atoms with Gasteiger partial charge in [-0.05, 0) is 26.3 Å². The molecule has 0 rings (SSSR count). The summed E-state index contributed by atoms with van der Waals surface area (Å²) in [6, 6.07) is 0.506. The highest BCUT2D eigenvalue weighted by atomic mass is 19.1. The molecule has 15 heavy (non-hydrogen) atoms. The molecule has 2 heteroatoms. The Morgan fingerprint density at radius 1 is 1.33 bits per heavy atom. The molecule has 0 fully saturated rings. The van der Waals surface area contributed by atoms with Crippen molar-refractivity contribution in [1.82, 2.24) is 4.90 Å². The molecule has 0 aromatic heterocycles. The van der Waals surface area contributed by atoms with Crippen molar-refractivity contribution in [1.29, 1.82) is 0 Å². The highest BCUT2D eigenvalue weighted by Crippen LogP contribution is 2.18. The van der Waals surface area contributed by atoms with Crippen LogP contribution in [0.15, 0.2) is 12.4 Å². The molecule has 0 N–H and O–H groups in total. The average molecular weight is 215 g/mol. The Kier molecular flexibility index (Phi) is 6.82. The van der Waals surface area contributed by atoms with E-state index in [2.05, 4.69) is 39.3 Å². The molecule has 0 amide bonds. The SMILES string of the molecule is C=C(F)C(C)CN(C)C(C)C(C)CCC. The Morgan fingerprint density at radius 3 is 2.27 bits per heavy atom. The average Bonchev–Trinajstić information content (AvgIpc) is 2.16. The van der Waals surface area contributed by atoms with Gasteiger partial charge in [-0.1, -0.05) is 33.8 Å². The number of hydrogen-bond donors (Lipinski definition) is 0. The summed E-state index contributed by atoms with van der Waals surface area (Å²) < 4.78 is 12.8. The Morgan fingerprint density at radius 2 is 1.87 bits per heavy atom. The number of rotatable bonds is 7. The molecule has 1 nitrogen and oxygen atoms in total. The third kappa shape index (κ3) is 5.31. The van der Waals surface area contributed by atoms with Crippen LogP contribution in [-0.2, 0) is 0 Å². The van der Waals surface area contributed by atoms with E-state index >= 15 is 0 Å². The van der Waals surface area contributed by atoms with E-state index in [1.54, 1.807) is 0 Å². The molecule has 0 aromatic rings. The van der Waals surface area contributed by atoms with Crippen LogP contribution in [0.4, 0.5) is 4.39 Å². The monoisotopic (exact) mass is 215 g/mol. The minimum Gasteiger partial charge on any atom is -0.303 e. The number of halogens is 1. The van der Waals surface area contributed by atoms with Crippen LogP contribution in [0.5, 0.6) is 0 Å². The van der Waals surface area contributed by atoms with Gasteiger partial charge in [0.15, 0.2) is 0 Å². The second-order valence-corrected chi connectivity index (χ2v) is 4.79. The molecule has 0 saturated carbocycles. The molecule has 3 atom stereocenters. The van der Waals surface area contributed by atoms with Crippen molar-refractivity contribution in [3.63, 3.8) is 0 Å². The lowest BCUT2D eigenvalue weighted by atomic mass is 9.96. The summed E-state index contributed by atoms with van der Waals surface area (Å²) in [7, 11) is 2.07. The lowest BCUT2D eigenvalue weighted by Gasteiger charge is -2.31. The first-order valence-electron chi connectivity index (χ1n) is 5.94. The summed E-state index contributed by atoms with van der Waals surface area (Å²) in [4.78, 5) is 2.23. The molecule has 90 valence electrons. The molecule has 0 spiro atoms. The summed E-state index contributed by atoms with van der Waals surface area (Å²) in [5.41, 5.74) is 0. The van der Waals surface area contributed by atoms with Crippen LogP contribution in [0.1, 0.15) is 40.5 Å². The summed E-state index contributed by atoms with van der Waals surface area (Å²) in [5.74, 6) is 0.392. The molecule has 0 aliphatic rings. The van der Waals surface area contributed by atoms with E-state index in [4.69, 9.17) is 0 Å². The Labute approximate surface area is 94.4 Å². The van der Waals surface area contributed by atoms with Crippen molar-refractivity contribution < 1.29 is 4.39 Å². The van der Waals surface area contributed by atoms with Crippen molar-refractivity contribution in [3.05, 3.63) is 12.4 Å². The van der Waals surface area contributed by atoms with Crippen molar-refractivity contribution in [2.45, 2.75) is 46.6 Å². The fourth-order valence-electron chi connectivity index (χ4n) is 1.83. The van der Waals surface area contributed by atoms with Gasteiger partial charge in [0.2, 0.25) is 0 Å². The highest BCUT2D eigenvalue weighted by Gasteiger charge is 2.18. The molecule has 0 bridgehead atoms. The number of hydrogen-bond acceptors (Lipinski definition) is 1. The first-order valence-corrected chi connectivity index (χ1v) is 5.94. The van der Waals surface area contributed by atoms with Crippen LogP contribution >= 0.6 is 0 Å². The molecule has 0 heterocycles. The first-order chi connectivity index (χ1) is 6.90. The maximum atomic E-state index is 12.8. The molecule has 0 aliphatic heterocycles. The maximum Gasteiger partial charge on any atom is 0.0968 e. The second kappa shape index (κ2) is 7.00. The van der Waals surface area contributed by atoms with Crippen LogP contribution in [0, 0.1) is 11.8 Å². The largest absolute Gasteiger partial charge is 0.303 e. The van der Waals surface area contributed by atoms with E-state index in [9.17, 15) is 4.39 Å². The van der Waals surface area contributed by atoms with E-state index in [-0.39, 0.29) is 11.7 Å². The zero-order chi connectivity index (χ0) is 12.0. The van der Waals surface area contributed by atoms with Gasteiger partial charge < -0.3 is 4.90 Å². The molecule has 0 saturated heterocycles. The Bertz CT molecular complexity index is 191. The summed E-state index contributed by atoms with van der Waals surface area (Å²) in [6.45, 7) is 12.7. The van der Waals surface area contributed by atoms with Gasteiger partial charge in [0, 0.05) is 18.5 Å². The van der Waals surface area contributed by atoms with Gasteiger partial charge in [0.25, 0.3) is 0 Å². The molecular weight excluding hydrogens is 189 g/mol. The van der Waals surface area contributed by atoms with Crippen molar-refractivity contribution >= 4 is 0 Å². The first kappa shape index (κ1) is 14.6. The highest BCUT2D eigenvalue weighted by molar-refractivity contribution is 4.88. The fourth-order valence-corrected chi connectivity index (χ4v) is 1.83. The van der Waals surface area contributed by atoms with Gasteiger partial charge in [-0.25, -0.2) is 4.39 Å². The van der Waals surface area contributed by atoms with Gasteiger partial charge in [-0.2, -0.15) is 0 Å². The van der Waals surface area contributed by atoms with Crippen molar-refractivity contribution in [3.8, 4) is 0 Å². The molecule has 0 aliphatic carbocycles. The van der Waals surface area contributed by atoms with Crippen LogP contribution < -0.4 is 0 Å². The van der Waals surface area contributed by atoms with Crippen molar-refractivity contribution in [2.24, 2.45) is 11.8 Å². The van der Waals surface area contributed by atoms with Gasteiger partial charge >= 0.3 is 0 Å². The molecule has 0 aromatic carbocycles. The van der Waals surface area contributed by atoms with E-state index in [0.717, 1.165) is 6.54 Å². The van der Waals surface area contributed by atoms with Gasteiger partial charge in [-0.3, -0.25) is 0 Å². The normalized spacial score (nSPS) is 17.5. The van der Waals surface area contributed by atoms with Crippen molar-refractivity contribution in [2.75, 3.05) is 13.6 Å². The van der Waals surface area contributed by atoms with Gasteiger partial charge in [0.1, 0.15) is 0 Å². The van der Waals surface area contributed by atoms with Gasteiger partial charge in [-0.15, -0.1) is 0 Å². The summed E-state index contributed by atoms with van der Waals surface area (Å²) in [5, 5.41) is 0. The zero-order valence-corrected chi connectivity index (χ0v) is 10.9. The van der Waals surface area contributed by atoms with E-state index in [0.29, 0.717) is 12.0 Å². The number of nitrogens with zero attached hydrogens (tertiary/aromatic N) is 1. The minimum absolute atomic E-state index is 0.0636. The Hall–Kier alpha value is -0.370. The fraction of sp³-hybridized carbons (Fsp3) is 0.846. The molecule has 3 unspecified atom stereocenters. The van der Waals surface area contributed by atoms with Crippen LogP contribution in [0.3, 0.4) is 0 Å². The van der Waals surface area contributed by atoms with E-state index < -0.39 is 0 Å². The van der Waals surface area contributed by atoms with Crippen LogP contribution in [0.2, 0.25) is 0 Å². The predicted octanol–water partition coefficient (Wildman–Crippen LogP) is 3.86. The van der Waals surface area contributed by atoms with E-state index in [1.807, 2.05) is 6.92 Å². The second-order valence-electron chi connectivity index (χ2n) is 4.79. The maximum absolute atomic E-state index is 12.8. The molecular formula is C13H26FN. The Balaban J connectivity index is 4.08. The van der Waals surface area contributed by atoms with Gasteiger partial charge in [0.05, 0.1) is 5.83 Å². The summed E-state index contributed by atoms with van der Waals surface area (Å²) >= 11 is 0. The van der Waals surface area contributed by atoms with Crippen LogP contribution in [0.25, 0.3) is 0 Å². The topological polar surface area (TPSA) is 3.24 Å². The minimum atomic E-state index is -0.211. The smallest absolute Gasteiger partial charge is 0.0968 e. The standard InChI is InChI=1S/C13H26FN/c1-7-8-10(2)13(5)15(6)9-11(3)12(4)14/h10-11,13H,4,7-9H2,1-3,5-6H3. The lowest BCUT2D eigenvalue weighted by Crippen LogP contribution is -2.37. The summed E-state index contributed by atoms with van der Waals surface area (Å²) in [6.07, 6.45) is 2.45. The molecule has 0 radical (unpaired) electrons. The third-order valence-corrected chi connectivity index (χ3v) is 3.36. The quantitative estimate of drug-likeness (QED) is 0.623. The van der Waals surface area contributed by atoms with E-state index in [1.165, 1.54) is 12.8 Å². The van der Waals surface area contributed by atoms with Crippen LogP contribution in [-0.4, -0.2) is 24.5 Å². The third-order valence-electron chi connectivity index (χ3n) is 3.36. The lowest BCUT2D eigenvalue weighted by molar-refractivity contribution is 0.172. The zero-order valence-electron chi connectivity index (χ0n) is 10.9. The predicted molar refractivity (Wildman–Crippen MR) is 65.6 cm³/mol.